The Bertz CT molecular complexity index is 601. The average Bonchev–Trinajstić information content (AvgIpc) is 3.01. The highest BCUT2D eigenvalue weighted by atomic mass is 32.2. The Morgan fingerprint density at radius 3 is 2.32 bits per heavy atom. The molecule has 0 radical (unpaired) electrons. The molecule has 2 aliphatic rings. The molecule has 2 aliphatic heterocycles. The summed E-state index contributed by atoms with van der Waals surface area (Å²) >= 11 is 0. The van der Waals surface area contributed by atoms with E-state index in [0.29, 0.717) is 18.0 Å². The maximum absolute atomic E-state index is 12.5. The van der Waals surface area contributed by atoms with E-state index in [1.165, 1.54) is 0 Å². The minimum absolute atomic E-state index is 0.171. The molecular formula is C15H24N3O3S+. The number of sulfonamides is 1. The molecule has 3 rings (SSSR count). The van der Waals surface area contributed by atoms with Crippen molar-refractivity contribution < 1.29 is 18.1 Å². The van der Waals surface area contributed by atoms with Crippen LogP contribution >= 0.6 is 0 Å². The smallest absolute Gasteiger partial charge is 0.274 e. The highest BCUT2D eigenvalue weighted by Gasteiger charge is 2.31. The number of rotatable bonds is 3. The summed E-state index contributed by atoms with van der Waals surface area (Å²) in [6.07, 6.45) is 3.85. The first kappa shape index (κ1) is 15.7. The van der Waals surface area contributed by atoms with Gasteiger partial charge in [0.25, 0.3) is 5.82 Å². The number of nitrogens with zero attached hydrogens (tertiary/aromatic N) is 2. The standard InChI is InChI=1S/C15H23N3O3S/c1-12-10-17(11-13(2)21-12)15-6-5-14(9-16-15)22(19,20)18-7-3-4-8-18/h5-6,9,12-13H,3-4,7-8,10-11H2,1-2H3/p+1/t12-,13-/m0/s1. The normalized spacial score (nSPS) is 27.3. The van der Waals surface area contributed by atoms with Crippen LogP contribution in [0, 0.1) is 0 Å². The fourth-order valence-electron chi connectivity index (χ4n) is 3.21. The van der Waals surface area contributed by atoms with E-state index in [0.717, 1.165) is 31.7 Å². The van der Waals surface area contributed by atoms with Crippen molar-refractivity contribution in [1.29, 1.82) is 0 Å². The van der Waals surface area contributed by atoms with Gasteiger partial charge in [0.1, 0.15) is 24.2 Å². The Labute approximate surface area is 132 Å². The van der Waals surface area contributed by atoms with Crippen molar-refractivity contribution in [2.24, 2.45) is 0 Å². The van der Waals surface area contributed by atoms with Crippen LogP contribution in [0.4, 0.5) is 5.82 Å². The molecule has 22 heavy (non-hydrogen) atoms. The van der Waals surface area contributed by atoms with Crippen LogP contribution in [0.25, 0.3) is 0 Å². The van der Waals surface area contributed by atoms with Crippen molar-refractivity contribution >= 4 is 15.8 Å². The molecule has 0 aromatic carbocycles. The Morgan fingerprint density at radius 1 is 1.14 bits per heavy atom. The summed E-state index contributed by atoms with van der Waals surface area (Å²) in [4.78, 5) is 5.68. The van der Waals surface area contributed by atoms with Gasteiger partial charge in [-0.25, -0.2) is 13.4 Å². The zero-order valence-corrected chi connectivity index (χ0v) is 14.0. The number of morpholine rings is 1. The molecule has 0 amide bonds. The molecule has 0 saturated carbocycles. The summed E-state index contributed by atoms with van der Waals surface area (Å²) < 4.78 is 32.3. The monoisotopic (exact) mass is 326 g/mol. The minimum atomic E-state index is -3.35. The van der Waals surface area contributed by atoms with Crippen LogP contribution in [0.3, 0.4) is 0 Å². The number of nitrogens with one attached hydrogen (secondary N) is 1. The van der Waals surface area contributed by atoms with Crippen molar-refractivity contribution in [1.82, 2.24) is 4.31 Å². The van der Waals surface area contributed by atoms with Crippen LogP contribution < -0.4 is 9.88 Å². The largest absolute Gasteiger partial charge is 0.367 e. The molecule has 1 N–H and O–H groups in total. The third-order valence-electron chi connectivity index (χ3n) is 4.23. The third-order valence-corrected chi connectivity index (χ3v) is 6.13. The van der Waals surface area contributed by atoms with Gasteiger partial charge in [-0.1, -0.05) is 0 Å². The van der Waals surface area contributed by atoms with Crippen LogP contribution in [0.15, 0.2) is 23.2 Å². The lowest BCUT2D eigenvalue weighted by atomic mass is 10.2. The Morgan fingerprint density at radius 2 is 1.77 bits per heavy atom. The molecule has 1 aromatic heterocycles. The summed E-state index contributed by atoms with van der Waals surface area (Å²) in [5.74, 6) is 0.933. The molecule has 122 valence electrons. The Kier molecular flexibility index (Phi) is 4.38. The molecule has 7 heteroatoms. The molecule has 0 aliphatic carbocycles. The van der Waals surface area contributed by atoms with E-state index in [1.807, 2.05) is 6.07 Å². The van der Waals surface area contributed by atoms with Gasteiger partial charge < -0.3 is 4.74 Å². The Balaban J connectivity index is 1.78. The van der Waals surface area contributed by atoms with Gasteiger partial charge in [-0.05, 0) is 32.8 Å². The molecule has 1 aromatic rings. The second-order valence-corrected chi connectivity index (χ2v) is 8.12. The third kappa shape index (κ3) is 3.11. The van der Waals surface area contributed by atoms with Crippen LogP contribution in [-0.2, 0) is 14.8 Å². The van der Waals surface area contributed by atoms with E-state index >= 15 is 0 Å². The molecule has 2 atom stereocenters. The van der Waals surface area contributed by atoms with E-state index in [1.54, 1.807) is 16.6 Å². The van der Waals surface area contributed by atoms with Crippen molar-refractivity contribution in [3.05, 3.63) is 18.3 Å². The summed E-state index contributed by atoms with van der Waals surface area (Å²) in [5, 5.41) is 0. The molecule has 2 saturated heterocycles. The maximum atomic E-state index is 12.5. The highest BCUT2D eigenvalue weighted by molar-refractivity contribution is 7.89. The summed E-state index contributed by atoms with van der Waals surface area (Å²) in [6.45, 7) is 6.97. The number of ether oxygens (including phenoxy) is 1. The predicted octanol–water partition coefficient (Wildman–Crippen LogP) is 0.899. The second-order valence-electron chi connectivity index (χ2n) is 6.18. The number of H-pyrrole nitrogens is 1. The van der Waals surface area contributed by atoms with E-state index in [9.17, 15) is 8.42 Å². The van der Waals surface area contributed by atoms with Crippen LogP contribution in [0.5, 0.6) is 0 Å². The quantitative estimate of drug-likeness (QED) is 0.828. The van der Waals surface area contributed by atoms with Crippen LogP contribution in [0.2, 0.25) is 0 Å². The van der Waals surface area contributed by atoms with Crippen molar-refractivity contribution in [2.75, 3.05) is 31.1 Å². The number of aromatic amines is 1. The molecule has 6 nitrogen and oxygen atoms in total. The van der Waals surface area contributed by atoms with E-state index < -0.39 is 10.0 Å². The van der Waals surface area contributed by atoms with Crippen molar-refractivity contribution in [3.63, 3.8) is 0 Å². The molecule has 0 unspecified atom stereocenters. The summed E-state index contributed by atoms with van der Waals surface area (Å²) in [7, 11) is -3.35. The van der Waals surface area contributed by atoms with Crippen LogP contribution in [0.1, 0.15) is 26.7 Å². The van der Waals surface area contributed by atoms with Gasteiger partial charge in [0.05, 0.1) is 12.2 Å². The molecule has 0 spiro atoms. The fraction of sp³-hybridized carbons (Fsp3) is 0.667. The molecular weight excluding hydrogens is 302 g/mol. The maximum Gasteiger partial charge on any atom is 0.274 e. The fourth-order valence-corrected chi connectivity index (χ4v) is 4.70. The van der Waals surface area contributed by atoms with Gasteiger partial charge in [-0.2, -0.15) is 4.31 Å². The number of hydrogen-bond donors (Lipinski definition) is 0. The first-order valence-corrected chi connectivity index (χ1v) is 9.33. The topological polar surface area (TPSA) is 64.0 Å². The lowest BCUT2D eigenvalue weighted by molar-refractivity contribution is -0.368. The SMILES string of the molecule is C[C@H]1CN(c2ccc(S(=O)(=O)N3CCCC3)c[nH+]2)C[C@H](C)O1. The van der Waals surface area contributed by atoms with Gasteiger partial charge in [0, 0.05) is 19.2 Å². The zero-order valence-electron chi connectivity index (χ0n) is 13.2. The molecule has 3 heterocycles. The van der Waals surface area contributed by atoms with Gasteiger partial charge in [0.2, 0.25) is 10.0 Å². The van der Waals surface area contributed by atoms with Crippen molar-refractivity contribution in [2.45, 2.75) is 43.8 Å². The number of pyridine rings is 1. The van der Waals surface area contributed by atoms with Crippen molar-refractivity contribution in [3.8, 4) is 0 Å². The zero-order chi connectivity index (χ0) is 15.7. The molecule has 2 fully saturated rings. The van der Waals surface area contributed by atoms with Gasteiger partial charge in [-0.3, -0.25) is 4.90 Å². The van der Waals surface area contributed by atoms with E-state index in [-0.39, 0.29) is 12.2 Å². The Hall–Kier alpha value is -1.18. The predicted molar refractivity (Wildman–Crippen MR) is 83.2 cm³/mol. The number of anilines is 1. The lowest BCUT2D eigenvalue weighted by Crippen LogP contribution is -2.47. The van der Waals surface area contributed by atoms with Crippen LogP contribution in [-0.4, -0.2) is 51.1 Å². The second kappa shape index (κ2) is 6.14. The summed E-state index contributed by atoms with van der Waals surface area (Å²) in [6, 6.07) is 3.55. The lowest BCUT2D eigenvalue weighted by Gasteiger charge is -2.30. The van der Waals surface area contributed by atoms with Gasteiger partial charge in [-0.15, -0.1) is 0 Å². The minimum Gasteiger partial charge on any atom is -0.367 e. The van der Waals surface area contributed by atoms with Gasteiger partial charge in [0.15, 0.2) is 0 Å². The van der Waals surface area contributed by atoms with E-state index in [2.05, 4.69) is 23.7 Å². The van der Waals surface area contributed by atoms with E-state index in [4.69, 9.17) is 4.74 Å². The average molecular weight is 326 g/mol. The number of hydrogen-bond acceptors (Lipinski definition) is 4. The van der Waals surface area contributed by atoms with Gasteiger partial charge >= 0.3 is 0 Å². The first-order valence-electron chi connectivity index (χ1n) is 7.89. The first-order chi connectivity index (χ1) is 10.5. The number of aromatic nitrogens is 1. The summed E-state index contributed by atoms with van der Waals surface area (Å²) in [5.41, 5.74) is 0. The molecule has 0 bridgehead atoms. The highest BCUT2D eigenvalue weighted by Crippen LogP contribution is 2.21.